The van der Waals surface area contributed by atoms with Crippen LogP contribution in [0.5, 0.6) is 0 Å². The Morgan fingerprint density at radius 1 is 1.04 bits per heavy atom. The van der Waals surface area contributed by atoms with Crippen LogP contribution in [0.3, 0.4) is 0 Å². The zero-order valence-corrected chi connectivity index (χ0v) is 15.2. The number of hydrogen-bond donors (Lipinski definition) is 1. The van der Waals surface area contributed by atoms with Gasteiger partial charge in [0.15, 0.2) is 5.78 Å². The molecule has 24 heavy (non-hydrogen) atoms. The number of aliphatic hydroxyl groups excluding tert-OH is 1. The zero-order valence-electron chi connectivity index (χ0n) is 15.2. The molecule has 0 radical (unpaired) electrons. The lowest BCUT2D eigenvalue weighted by Crippen LogP contribution is -2.53. The monoisotopic (exact) mass is 332 g/mol. The minimum Gasteiger partial charge on any atom is -0.389 e. The molecule has 4 aliphatic carbocycles. The lowest BCUT2D eigenvalue weighted by Gasteiger charge is -2.60. The van der Waals surface area contributed by atoms with Crippen LogP contribution in [0.1, 0.15) is 71.6 Å². The lowest BCUT2D eigenvalue weighted by atomic mass is 9.45. The third kappa shape index (κ3) is 2.12. The summed E-state index contributed by atoms with van der Waals surface area (Å²) in [5, 5.41) is 9.34. The highest BCUT2D eigenvalue weighted by Crippen LogP contribution is 2.66. The van der Waals surface area contributed by atoms with Crippen LogP contribution >= 0.6 is 0 Å². The second kappa shape index (κ2) is 5.65. The summed E-state index contributed by atoms with van der Waals surface area (Å²) >= 11 is 0. The Bertz CT molecular complexity index is 555. The topological polar surface area (TPSA) is 54.4 Å². The standard InChI is InChI=1S/C21H32O3/c1-20-9-4-3-5-13(20)6-7-14-15(20)8-10-21(2)16(14)11-17(23)19(21)18(24)12-22/h13-16,19,22H,3-12H2,1-2H3/t13?,14-,15+,16+,19-,20+,21+/m1/s1. The predicted molar refractivity (Wildman–Crippen MR) is 92.3 cm³/mol. The molecular formula is C21H32O3. The summed E-state index contributed by atoms with van der Waals surface area (Å²) in [6.45, 7) is 4.22. The van der Waals surface area contributed by atoms with Crippen molar-refractivity contribution in [1.29, 1.82) is 0 Å². The molecule has 0 saturated heterocycles. The van der Waals surface area contributed by atoms with E-state index in [0.29, 0.717) is 23.7 Å². The normalized spacial score (nSPS) is 50.8. The summed E-state index contributed by atoms with van der Waals surface area (Å²) in [5.41, 5.74) is 0.264. The molecule has 4 rings (SSSR count). The third-order valence-electron chi connectivity index (χ3n) is 8.90. The summed E-state index contributed by atoms with van der Waals surface area (Å²) in [4.78, 5) is 24.9. The summed E-state index contributed by atoms with van der Waals surface area (Å²) in [6, 6.07) is 0. The van der Waals surface area contributed by atoms with Crippen molar-refractivity contribution in [2.45, 2.75) is 71.6 Å². The van der Waals surface area contributed by atoms with E-state index in [-0.39, 0.29) is 17.0 Å². The first-order valence-corrected chi connectivity index (χ1v) is 10.1. The summed E-state index contributed by atoms with van der Waals surface area (Å²) in [5.74, 6) is 1.94. The van der Waals surface area contributed by atoms with Crippen LogP contribution in [0, 0.1) is 40.4 Å². The van der Waals surface area contributed by atoms with E-state index in [4.69, 9.17) is 0 Å². The van der Waals surface area contributed by atoms with Gasteiger partial charge >= 0.3 is 0 Å². The number of ketones is 2. The lowest BCUT2D eigenvalue weighted by molar-refractivity contribution is -0.141. The second-order valence-corrected chi connectivity index (χ2v) is 9.68. The van der Waals surface area contributed by atoms with Gasteiger partial charge in [-0.25, -0.2) is 0 Å². The number of hydrogen-bond acceptors (Lipinski definition) is 3. The fourth-order valence-corrected chi connectivity index (χ4v) is 7.73. The second-order valence-electron chi connectivity index (χ2n) is 9.68. The van der Waals surface area contributed by atoms with Crippen LogP contribution in [-0.2, 0) is 9.59 Å². The van der Waals surface area contributed by atoms with Gasteiger partial charge in [-0.15, -0.1) is 0 Å². The van der Waals surface area contributed by atoms with E-state index in [9.17, 15) is 14.7 Å². The number of aliphatic hydroxyl groups is 1. The van der Waals surface area contributed by atoms with E-state index in [1.165, 1.54) is 44.9 Å². The first kappa shape index (κ1) is 16.8. The van der Waals surface area contributed by atoms with Gasteiger partial charge in [0.2, 0.25) is 0 Å². The van der Waals surface area contributed by atoms with Crippen LogP contribution in [0.4, 0.5) is 0 Å². The fraction of sp³-hybridized carbons (Fsp3) is 0.905. The molecule has 3 heteroatoms. The first-order chi connectivity index (χ1) is 11.4. The van der Waals surface area contributed by atoms with Crippen molar-refractivity contribution in [3.8, 4) is 0 Å². The molecule has 3 nitrogen and oxygen atoms in total. The van der Waals surface area contributed by atoms with Crippen molar-refractivity contribution < 1.29 is 14.7 Å². The number of carbonyl (C=O) groups excluding carboxylic acids is 2. The number of rotatable bonds is 2. The van der Waals surface area contributed by atoms with Gasteiger partial charge < -0.3 is 5.11 Å². The minimum absolute atomic E-state index is 0.109. The molecular weight excluding hydrogens is 300 g/mol. The summed E-state index contributed by atoms with van der Waals surface area (Å²) in [7, 11) is 0. The maximum absolute atomic E-state index is 12.7. The molecule has 4 aliphatic rings. The zero-order chi connectivity index (χ0) is 17.1. The third-order valence-corrected chi connectivity index (χ3v) is 8.90. The van der Waals surface area contributed by atoms with Gasteiger partial charge in [0, 0.05) is 6.42 Å². The van der Waals surface area contributed by atoms with Gasteiger partial charge in [0.25, 0.3) is 0 Å². The van der Waals surface area contributed by atoms with Crippen molar-refractivity contribution in [2.75, 3.05) is 6.61 Å². The average Bonchev–Trinajstić information content (AvgIpc) is 2.84. The number of Topliss-reactive ketones (excluding diaryl/α,β-unsaturated/α-hetero) is 2. The maximum Gasteiger partial charge on any atom is 0.169 e. The van der Waals surface area contributed by atoms with Gasteiger partial charge in [0.05, 0.1) is 5.92 Å². The van der Waals surface area contributed by atoms with Gasteiger partial charge in [-0.3, -0.25) is 9.59 Å². The van der Waals surface area contributed by atoms with E-state index >= 15 is 0 Å². The Morgan fingerprint density at radius 3 is 2.58 bits per heavy atom. The molecule has 134 valence electrons. The van der Waals surface area contributed by atoms with Crippen molar-refractivity contribution >= 4 is 11.6 Å². The first-order valence-electron chi connectivity index (χ1n) is 10.1. The van der Waals surface area contributed by atoms with Crippen molar-refractivity contribution in [3.05, 3.63) is 0 Å². The molecule has 4 saturated carbocycles. The SMILES string of the molecule is C[C@]12CC[C@H]3[C@@H](CCC4CCCC[C@@]43C)[C@@H]1CC(=O)[C@@H]2C(=O)CO. The van der Waals surface area contributed by atoms with E-state index < -0.39 is 12.5 Å². The summed E-state index contributed by atoms with van der Waals surface area (Å²) < 4.78 is 0. The quantitative estimate of drug-likeness (QED) is 0.783. The van der Waals surface area contributed by atoms with Crippen molar-refractivity contribution in [3.63, 3.8) is 0 Å². The molecule has 0 spiro atoms. The molecule has 1 N–H and O–H groups in total. The molecule has 0 aromatic heterocycles. The van der Waals surface area contributed by atoms with Gasteiger partial charge in [-0.05, 0) is 73.0 Å². The maximum atomic E-state index is 12.7. The van der Waals surface area contributed by atoms with Crippen LogP contribution in [0.15, 0.2) is 0 Å². The molecule has 0 aliphatic heterocycles. The van der Waals surface area contributed by atoms with Crippen LogP contribution in [0.25, 0.3) is 0 Å². The van der Waals surface area contributed by atoms with E-state index in [0.717, 1.165) is 18.3 Å². The smallest absolute Gasteiger partial charge is 0.169 e. The van der Waals surface area contributed by atoms with E-state index in [1.807, 2.05) is 0 Å². The van der Waals surface area contributed by atoms with Gasteiger partial charge in [-0.2, -0.15) is 0 Å². The summed E-state index contributed by atoms with van der Waals surface area (Å²) in [6.07, 6.45) is 10.8. The highest BCUT2D eigenvalue weighted by molar-refractivity contribution is 6.05. The van der Waals surface area contributed by atoms with Crippen molar-refractivity contribution in [1.82, 2.24) is 0 Å². The highest BCUT2D eigenvalue weighted by atomic mass is 16.3. The Labute approximate surface area is 145 Å². The minimum atomic E-state index is -0.537. The number of carbonyl (C=O) groups is 2. The Balaban J connectivity index is 1.65. The Kier molecular flexibility index (Phi) is 3.95. The van der Waals surface area contributed by atoms with Gasteiger partial charge in [0.1, 0.15) is 12.4 Å². The number of fused-ring (bicyclic) bond motifs is 5. The molecule has 4 fully saturated rings. The van der Waals surface area contributed by atoms with Crippen LogP contribution in [0.2, 0.25) is 0 Å². The Morgan fingerprint density at radius 2 is 1.83 bits per heavy atom. The Hall–Kier alpha value is -0.700. The average molecular weight is 332 g/mol. The molecule has 0 aromatic carbocycles. The van der Waals surface area contributed by atoms with Crippen LogP contribution < -0.4 is 0 Å². The molecule has 7 atom stereocenters. The molecule has 0 heterocycles. The molecule has 0 amide bonds. The predicted octanol–water partition coefficient (Wildman–Crippen LogP) is 3.78. The largest absolute Gasteiger partial charge is 0.389 e. The highest BCUT2D eigenvalue weighted by Gasteiger charge is 2.63. The van der Waals surface area contributed by atoms with Crippen molar-refractivity contribution in [2.24, 2.45) is 40.4 Å². The van der Waals surface area contributed by atoms with Crippen LogP contribution in [-0.4, -0.2) is 23.3 Å². The molecule has 1 unspecified atom stereocenters. The van der Waals surface area contributed by atoms with Gasteiger partial charge in [-0.1, -0.05) is 26.7 Å². The fourth-order valence-electron chi connectivity index (χ4n) is 7.73. The molecule has 0 bridgehead atoms. The van der Waals surface area contributed by atoms with E-state index in [2.05, 4.69) is 13.8 Å². The van der Waals surface area contributed by atoms with E-state index in [1.54, 1.807) is 0 Å². The molecule has 0 aromatic rings.